The van der Waals surface area contributed by atoms with E-state index in [4.69, 9.17) is 4.42 Å². The molecule has 0 amide bonds. The van der Waals surface area contributed by atoms with Crippen molar-refractivity contribution in [2.45, 2.75) is 51.4 Å². The standard InChI is InChI=1S/C15H20O2/c16-15(11-10-14-9-6-12-17-14)13-7-4-2-1-3-5-8-13/h6-7,9,12H,1-5,8,10-11H2/b13-7+. The zero-order valence-corrected chi connectivity index (χ0v) is 10.3. The van der Waals surface area contributed by atoms with Gasteiger partial charge in [-0.3, -0.25) is 4.79 Å². The summed E-state index contributed by atoms with van der Waals surface area (Å²) in [5, 5.41) is 0. The number of ketones is 1. The van der Waals surface area contributed by atoms with Crippen molar-refractivity contribution in [2.24, 2.45) is 0 Å². The average Bonchev–Trinajstić information content (AvgIpc) is 2.78. The van der Waals surface area contributed by atoms with Crippen molar-refractivity contribution in [1.29, 1.82) is 0 Å². The monoisotopic (exact) mass is 232 g/mol. The van der Waals surface area contributed by atoms with Gasteiger partial charge in [0.25, 0.3) is 0 Å². The fraction of sp³-hybridized carbons (Fsp3) is 0.533. The Bertz CT molecular complexity index is 374. The molecule has 0 atom stereocenters. The quantitative estimate of drug-likeness (QED) is 0.783. The lowest BCUT2D eigenvalue weighted by Gasteiger charge is -2.10. The minimum atomic E-state index is 0.309. The van der Waals surface area contributed by atoms with E-state index >= 15 is 0 Å². The Balaban J connectivity index is 1.85. The molecule has 1 aliphatic rings. The maximum Gasteiger partial charge on any atom is 0.158 e. The molecule has 0 fully saturated rings. The molecule has 0 saturated heterocycles. The summed E-state index contributed by atoms with van der Waals surface area (Å²) in [6.45, 7) is 0. The minimum Gasteiger partial charge on any atom is -0.469 e. The number of Topliss-reactive ketones (excluding diaryl/α,β-unsaturated/α-hetero) is 1. The number of carbonyl (C=O) groups is 1. The molecule has 2 rings (SSSR count). The van der Waals surface area contributed by atoms with Crippen LogP contribution in [0.15, 0.2) is 34.5 Å². The van der Waals surface area contributed by atoms with Crippen LogP contribution in [0, 0.1) is 0 Å². The largest absolute Gasteiger partial charge is 0.469 e. The molecule has 2 nitrogen and oxygen atoms in total. The van der Waals surface area contributed by atoms with Gasteiger partial charge in [0.15, 0.2) is 5.78 Å². The first-order chi connectivity index (χ1) is 8.36. The van der Waals surface area contributed by atoms with Gasteiger partial charge in [-0.1, -0.05) is 18.9 Å². The lowest BCUT2D eigenvalue weighted by molar-refractivity contribution is -0.115. The van der Waals surface area contributed by atoms with E-state index in [0.717, 1.165) is 30.6 Å². The van der Waals surface area contributed by atoms with Gasteiger partial charge < -0.3 is 4.42 Å². The second kappa shape index (κ2) is 6.43. The summed E-state index contributed by atoms with van der Waals surface area (Å²) in [6.07, 6.45) is 12.1. The predicted molar refractivity (Wildman–Crippen MR) is 67.8 cm³/mol. The Morgan fingerprint density at radius 3 is 2.94 bits per heavy atom. The van der Waals surface area contributed by atoms with Crippen LogP contribution in [0.4, 0.5) is 0 Å². The first kappa shape index (κ1) is 12.2. The SMILES string of the molecule is O=C(CCc1ccco1)/C1=C/CCCCCC1. The molecule has 0 aromatic carbocycles. The lowest BCUT2D eigenvalue weighted by atomic mass is 9.95. The van der Waals surface area contributed by atoms with Crippen molar-refractivity contribution >= 4 is 5.78 Å². The van der Waals surface area contributed by atoms with Crippen LogP contribution in [0.25, 0.3) is 0 Å². The highest BCUT2D eigenvalue weighted by Gasteiger charge is 2.11. The van der Waals surface area contributed by atoms with Crippen LogP contribution in [0.1, 0.15) is 50.7 Å². The number of furan rings is 1. The van der Waals surface area contributed by atoms with Crippen LogP contribution in [0.5, 0.6) is 0 Å². The van der Waals surface area contributed by atoms with Gasteiger partial charge >= 0.3 is 0 Å². The van der Waals surface area contributed by atoms with E-state index in [1.54, 1.807) is 6.26 Å². The highest BCUT2D eigenvalue weighted by molar-refractivity contribution is 5.95. The Morgan fingerprint density at radius 2 is 2.12 bits per heavy atom. The number of carbonyl (C=O) groups excluding carboxylic acids is 1. The third-order valence-electron chi connectivity index (χ3n) is 3.33. The van der Waals surface area contributed by atoms with Crippen LogP contribution < -0.4 is 0 Å². The molecule has 1 heterocycles. The summed E-state index contributed by atoms with van der Waals surface area (Å²) in [5.41, 5.74) is 1.05. The van der Waals surface area contributed by atoms with Crippen LogP contribution in [0.3, 0.4) is 0 Å². The molecule has 2 heteroatoms. The molecule has 0 saturated carbocycles. The summed E-state index contributed by atoms with van der Waals surface area (Å²) in [6, 6.07) is 3.80. The Hall–Kier alpha value is -1.31. The van der Waals surface area contributed by atoms with Crippen molar-refractivity contribution in [3.05, 3.63) is 35.8 Å². The molecule has 1 aromatic heterocycles. The fourth-order valence-corrected chi connectivity index (χ4v) is 2.30. The molecule has 1 aromatic rings. The zero-order chi connectivity index (χ0) is 11.9. The van der Waals surface area contributed by atoms with E-state index in [2.05, 4.69) is 6.08 Å². The van der Waals surface area contributed by atoms with Crippen molar-refractivity contribution in [2.75, 3.05) is 0 Å². The normalized spacial score (nSPS) is 20.1. The number of allylic oxidation sites excluding steroid dienone is 2. The lowest BCUT2D eigenvalue weighted by Crippen LogP contribution is -2.05. The minimum absolute atomic E-state index is 0.309. The molecular weight excluding hydrogens is 212 g/mol. The molecule has 0 bridgehead atoms. The second-order valence-corrected chi connectivity index (χ2v) is 4.68. The Morgan fingerprint density at radius 1 is 1.24 bits per heavy atom. The average molecular weight is 232 g/mol. The number of aryl methyl sites for hydroxylation is 1. The summed E-state index contributed by atoms with van der Waals surface area (Å²) in [4.78, 5) is 12.0. The molecular formula is C15H20O2. The maximum atomic E-state index is 12.0. The summed E-state index contributed by atoms with van der Waals surface area (Å²) in [5.74, 6) is 1.22. The Labute approximate surface area is 103 Å². The van der Waals surface area contributed by atoms with E-state index in [9.17, 15) is 4.79 Å². The van der Waals surface area contributed by atoms with E-state index < -0.39 is 0 Å². The maximum absolute atomic E-state index is 12.0. The van der Waals surface area contributed by atoms with Gasteiger partial charge in [-0.05, 0) is 43.4 Å². The summed E-state index contributed by atoms with van der Waals surface area (Å²) < 4.78 is 5.24. The van der Waals surface area contributed by atoms with Crippen LogP contribution in [-0.2, 0) is 11.2 Å². The predicted octanol–water partition coefficient (Wildman–Crippen LogP) is 4.06. The second-order valence-electron chi connectivity index (χ2n) is 4.68. The van der Waals surface area contributed by atoms with Gasteiger partial charge in [0.05, 0.1) is 6.26 Å². The van der Waals surface area contributed by atoms with Crippen molar-refractivity contribution in [1.82, 2.24) is 0 Å². The van der Waals surface area contributed by atoms with Gasteiger partial charge in [-0.15, -0.1) is 0 Å². The van der Waals surface area contributed by atoms with Crippen molar-refractivity contribution in [3.8, 4) is 0 Å². The molecule has 0 N–H and O–H groups in total. The summed E-state index contributed by atoms with van der Waals surface area (Å²) >= 11 is 0. The van der Waals surface area contributed by atoms with Crippen molar-refractivity contribution < 1.29 is 9.21 Å². The first-order valence-corrected chi connectivity index (χ1v) is 6.61. The number of rotatable bonds is 4. The molecule has 0 radical (unpaired) electrons. The first-order valence-electron chi connectivity index (χ1n) is 6.61. The van der Waals surface area contributed by atoms with E-state index in [-0.39, 0.29) is 0 Å². The topological polar surface area (TPSA) is 30.2 Å². The van der Waals surface area contributed by atoms with Gasteiger partial charge in [0, 0.05) is 12.8 Å². The van der Waals surface area contributed by atoms with Gasteiger partial charge in [-0.25, -0.2) is 0 Å². The smallest absolute Gasteiger partial charge is 0.158 e. The number of hydrogen-bond donors (Lipinski definition) is 0. The third kappa shape index (κ3) is 3.88. The van der Waals surface area contributed by atoms with Crippen LogP contribution in [0.2, 0.25) is 0 Å². The van der Waals surface area contributed by atoms with Gasteiger partial charge in [0.2, 0.25) is 0 Å². The molecule has 0 unspecified atom stereocenters. The zero-order valence-electron chi connectivity index (χ0n) is 10.3. The van der Waals surface area contributed by atoms with E-state index in [1.807, 2.05) is 12.1 Å². The highest BCUT2D eigenvalue weighted by Crippen LogP contribution is 2.19. The molecule has 1 aliphatic carbocycles. The Kier molecular flexibility index (Phi) is 4.60. The molecule has 17 heavy (non-hydrogen) atoms. The van der Waals surface area contributed by atoms with Gasteiger partial charge in [0.1, 0.15) is 5.76 Å². The summed E-state index contributed by atoms with van der Waals surface area (Å²) in [7, 11) is 0. The third-order valence-corrected chi connectivity index (χ3v) is 3.33. The molecule has 0 spiro atoms. The highest BCUT2D eigenvalue weighted by atomic mass is 16.3. The van der Waals surface area contributed by atoms with E-state index in [0.29, 0.717) is 12.2 Å². The van der Waals surface area contributed by atoms with E-state index in [1.165, 1.54) is 25.7 Å². The molecule has 0 aliphatic heterocycles. The van der Waals surface area contributed by atoms with Crippen LogP contribution >= 0.6 is 0 Å². The number of hydrogen-bond acceptors (Lipinski definition) is 2. The van der Waals surface area contributed by atoms with Gasteiger partial charge in [-0.2, -0.15) is 0 Å². The fourth-order valence-electron chi connectivity index (χ4n) is 2.30. The molecule has 92 valence electrons. The van der Waals surface area contributed by atoms with Crippen molar-refractivity contribution in [3.63, 3.8) is 0 Å². The van der Waals surface area contributed by atoms with Crippen LogP contribution in [-0.4, -0.2) is 5.78 Å².